The Morgan fingerprint density at radius 1 is 1.75 bits per heavy atom. The molecule has 0 radical (unpaired) electrons. The van der Waals surface area contributed by atoms with Crippen LogP contribution in [0.2, 0.25) is 0 Å². The zero-order chi connectivity index (χ0) is 8.39. The monoisotopic (exact) mass is 167 g/mol. The first-order chi connectivity index (χ1) is 5.92. The lowest BCUT2D eigenvalue weighted by Crippen LogP contribution is -2.29. The van der Waals surface area contributed by atoms with E-state index in [4.69, 9.17) is 4.74 Å². The van der Waals surface area contributed by atoms with E-state index in [1.807, 2.05) is 10.9 Å². The highest BCUT2D eigenvalue weighted by Crippen LogP contribution is 2.11. The maximum absolute atomic E-state index is 5.07. The lowest BCUT2D eigenvalue weighted by Gasteiger charge is -2.15. The quantitative estimate of drug-likeness (QED) is 0.680. The van der Waals surface area contributed by atoms with Crippen molar-refractivity contribution >= 4 is 0 Å². The SMILES string of the molecule is COCc1cnn2c1CNCC2. The molecule has 0 fully saturated rings. The fourth-order valence-corrected chi connectivity index (χ4v) is 1.51. The van der Waals surface area contributed by atoms with Gasteiger partial charge in [-0.2, -0.15) is 5.10 Å². The van der Waals surface area contributed by atoms with Crippen LogP contribution in [0.3, 0.4) is 0 Å². The second kappa shape index (κ2) is 3.25. The summed E-state index contributed by atoms with van der Waals surface area (Å²) in [5.74, 6) is 0. The van der Waals surface area contributed by atoms with Gasteiger partial charge in [-0.05, 0) is 0 Å². The average molecular weight is 167 g/mol. The standard InChI is InChI=1S/C8H13N3O/c1-12-6-7-4-10-11-3-2-9-5-8(7)11/h4,9H,2-3,5-6H2,1H3. The highest BCUT2D eigenvalue weighted by atomic mass is 16.5. The molecule has 4 heteroatoms. The van der Waals surface area contributed by atoms with Gasteiger partial charge in [0.15, 0.2) is 0 Å². The molecular formula is C8H13N3O. The Bertz CT molecular complexity index is 269. The molecule has 0 aromatic carbocycles. The van der Waals surface area contributed by atoms with Crippen LogP contribution in [0.1, 0.15) is 11.3 Å². The molecule has 0 saturated carbocycles. The third-order valence-corrected chi connectivity index (χ3v) is 2.13. The fraction of sp³-hybridized carbons (Fsp3) is 0.625. The zero-order valence-electron chi connectivity index (χ0n) is 7.21. The Balaban J connectivity index is 2.25. The molecule has 2 heterocycles. The van der Waals surface area contributed by atoms with Crippen molar-refractivity contribution < 1.29 is 4.74 Å². The molecule has 0 spiro atoms. The van der Waals surface area contributed by atoms with Crippen LogP contribution in [0.5, 0.6) is 0 Å². The van der Waals surface area contributed by atoms with Gasteiger partial charge in [-0.1, -0.05) is 0 Å². The summed E-state index contributed by atoms with van der Waals surface area (Å²) in [4.78, 5) is 0. The molecular weight excluding hydrogens is 154 g/mol. The van der Waals surface area contributed by atoms with Gasteiger partial charge in [0.05, 0.1) is 25.0 Å². The number of hydrogen-bond donors (Lipinski definition) is 1. The van der Waals surface area contributed by atoms with E-state index in [1.165, 1.54) is 11.3 Å². The van der Waals surface area contributed by atoms with Crippen molar-refractivity contribution in [2.45, 2.75) is 19.7 Å². The molecule has 0 bridgehead atoms. The van der Waals surface area contributed by atoms with E-state index in [-0.39, 0.29) is 0 Å². The third kappa shape index (κ3) is 1.23. The third-order valence-electron chi connectivity index (χ3n) is 2.13. The van der Waals surface area contributed by atoms with Crippen LogP contribution in [0.15, 0.2) is 6.20 Å². The number of fused-ring (bicyclic) bond motifs is 1. The molecule has 12 heavy (non-hydrogen) atoms. The van der Waals surface area contributed by atoms with E-state index >= 15 is 0 Å². The normalized spacial score (nSPS) is 16.1. The molecule has 0 unspecified atom stereocenters. The topological polar surface area (TPSA) is 39.1 Å². The predicted octanol–water partition coefficient (Wildman–Crippen LogP) is 0.133. The van der Waals surface area contributed by atoms with Gasteiger partial charge < -0.3 is 10.1 Å². The number of hydrogen-bond acceptors (Lipinski definition) is 3. The van der Waals surface area contributed by atoms with E-state index in [9.17, 15) is 0 Å². The van der Waals surface area contributed by atoms with E-state index in [0.717, 1.165) is 19.6 Å². The predicted molar refractivity (Wildman–Crippen MR) is 44.6 cm³/mol. The lowest BCUT2D eigenvalue weighted by atomic mass is 10.2. The van der Waals surface area contributed by atoms with Crippen LogP contribution in [0.4, 0.5) is 0 Å². The van der Waals surface area contributed by atoms with E-state index in [2.05, 4.69) is 10.4 Å². The lowest BCUT2D eigenvalue weighted by molar-refractivity contribution is 0.183. The first kappa shape index (κ1) is 7.76. The number of nitrogens with zero attached hydrogens (tertiary/aromatic N) is 2. The minimum atomic E-state index is 0.664. The summed E-state index contributed by atoms with van der Waals surface area (Å²) in [5, 5.41) is 7.58. The summed E-state index contributed by atoms with van der Waals surface area (Å²) in [6.45, 7) is 3.57. The molecule has 2 rings (SSSR count). The fourth-order valence-electron chi connectivity index (χ4n) is 1.51. The van der Waals surface area contributed by atoms with Gasteiger partial charge in [0.2, 0.25) is 0 Å². The summed E-state index contributed by atoms with van der Waals surface area (Å²) < 4.78 is 7.12. The second-order valence-corrected chi connectivity index (χ2v) is 2.95. The molecule has 4 nitrogen and oxygen atoms in total. The van der Waals surface area contributed by atoms with Gasteiger partial charge in [0.25, 0.3) is 0 Å². The largest absolute Gasteiger partial charge is 0.380 e. The molecule has 0 aliphatic carbocycles. The molecule has 1 aromatic rings. The van der Waals surface area contributed by atoms with Gasteiger partial charge in [-0.15, -0.1) is 0 Å². The first-order valence-electron chi connectivity index (χ1n) is 4.15. The van der Waals surface area contributed by atoms with Crippen LogP contribution in [-0.4, -0.2) is 23.4 Å². The summed E-state index contributed by atoms with van der Waals surface area (Å²) >= 11 is 0. The Morgan fingerprint density at radius 3 is 3.50 bits per heavy atom. The van der Waals surface area contributed by atoms with E-state index in [0.29, 0.717) is 6.61 Å². The molecule has 0 amide bonds. The van der Waals surface area contributed by atoms with Gasteiger partial charge in [-0.25, -0.2) is 0 Å². The van der Waals surface area contributed by atoms with Crippen LogP contribution in [0.25, 0.3) is 0 Å². The summed E-state index contributed by atoms with van der Waals surface area (Å²) in [6.07, 6.45) is 1.89. The Hall–Kier alpha value is -0.870. The smallest absolute Gasteiger partial charge is 0.0747 e. The highest BCUT2D eigenvalue weighted by Gasteiger charge is 2.13. The van der Waals surface area contributed by atoms with Gasteiger partial charge in [0.1, 0.15) is 0 Å². The summed E-state index contributed by atoms with van der Waals surface area (Å²) in [5.41, 5.74) is 2.47. The average Bonchev–Trinajstić information content (AvgIpc) is 2.50. The Kier molecular flexibility index (Phi) is 2.10. The molecule has 0 atom stereocenters. The number of nitrogens with one attached hydrogen (secondary N) is 1. The van der Waals surface area contributed by atoms with Crippen LogP contribution >= 0.6 is 0 Å². The van der Waals surface area contributed by atoms with Crippen molar-refractivity contribution in [2.24, 2.45) is 0 Å². The van der Waals surface area contributed by atoms with Crippen molar-refractivity contribution in [3.63, 3.8) is 0 Å². The molecule has 66 valence electrons. The van der Waals surface area contributed by atoms with Crippen LogP contribution < -0.4 is 5.32 Å². The summed E-state index contributed by atoms with van der Waals surface area (Å²) in [6, 6.07) is 0. The Labute approximate surface area is 71.5 Å². The maximum Gasteiger partial charge on any atom is 0.0747 e. The molecule has 0 saturated heterocycles. The Morgan fingerprint density at radius 2 is 2.67 bits per heavy atom. The minimum absolute atomic E-state index is 0.664. The highest BCUT2D eigenvalue weighted by molar-refractivity contribution is 5.17. The maximum atomic E-state index is 5.07. The van der Waals surface area contributed by atoms with Gasteiger partial charge in [-0.3, -0.25) is 4.68 Å². The number of rotatable bonds is 2. The second-order valence-electron chi connectivity index (χ2n) is 2.95. The number of ether oxygens (including phenoxy) is 1. The summed E-state index contributed by atoms with van der Waals surface area (Å²) in [7, 11) is 1.71. The van der Waals surface area contributed by atoms with Crippen molar-refractivity contribution in [2.75, 3.05) is 13.7 Å². The van der Waals surface area contributed by atoms with Crippen molar-refractivity contribution in [1.82, 2.24) is 15.1 Å². The van der Waals surface area contributed by atoms with E-state index in [1.54, 1.807) is 7.11 Å². The minimum Gasteiger partial charge on any atom is -0.380 e. The first-order valence-corrected chi connectivity index (χ1v) is 4.15. The van der Waals surface area contributed by atoms with Gasteiger partial charge in [0, 0.05) is 25.8 Å². The number of methoxy groups -OCH3 is 1. The molecule has 1 N–H and O–H groups in total. The molecule has 1 aliphatic rings. The van der Waals surface area contributed by atoms with Crippen LogP contribution in [0, 0.1) is 0 Å². The van der Waals surface area contributed by atoms with Crippen molar-refractivity contribution in [3.05, 3.63) is 17.5 Å². The van der Waals surface area contributed by atoms with Crippen LogP contribution in [-0.2, 0) is 24.4 Å². The van der Waals surface area contributed by atoms with E-state index < -0.39 is 0 Å². The van der Waals surface area contributed by atoms with Crippen molar-refractivity contribution in [3.8, 4) is 0 Å². The van der Waals surface area contributed by atoms with Crippen molar-refractivity contribution in [1.29, 1.82) is 0 Å². The van der Waals surface area contributed by atoms with Gasteiger partial charge >= 0.3 is 0 Å². The number of aromatic nitrogens is 2. The zero-order valence-corrected chi connectivity index (χ0v) is 7.21. The molecule has 1 aromatic heterocycles. The molecule has 1 aliphatic heterocycles.